The van der Waals surface area contributed by atoms with Crippen molar-refractivity contribution in [3.8, 4) is 11.5 Å². The van der Waals surface area contributed by atoms with Crippen LogP contribution in [-0.2, 0) is 16.0 Å². The number of amides is 3. The second kappa shape index (κ2) is 12.3. The van der Waals surface area contributed by atoms with Gasteiger partial charge in [-0.15, -0.1) is 11.3 Å². The van der Waals surface area contributed by atoms with Crippen molar-refractivity contribution in [2.24, 2.45) is 0 Å². The van der Waals surface area contributed by atoms with Gasteiger partial charge in [-0.05, 0) is 54.8 Å². The Labute approximate surface area is 211 Å². The SMILES string of the molecule is CCCNC(=O)N(CC(=O)N1CCc2sccc2[C@H]1COc1cccc(OC)c1)C[C@@H]1CCCO1. The molecule has 0 bridgehead atoms. The number of fused-ring (bicyclic) bond motifs is 1. The van der Waals surface area contributed by atoms with Gasteiger partial charge in [0.25, 0.3) is 0 Å². The maximum Gasteiger partial charge on any atom is 0.317 e. The van der Waals surface area contributed by atoms with E-state index in [-0.39, 0.29) is 30.6 Å². The van der Waals surface area contributed by atoms with Gasteiger partial charge in [-0.25, -0.2) is 4.79 Å². The number of benzene rings is 1. The van der Waals surface area contributed by atoms with E-state index in [1.165, 1.54) is 4.88 Å². The van der Waals surface area contributed by atoms with Gasteiger partial charge < -0.3 is 29.3 Å². The number of urea groups is 1. The minimum absolute atomic E-state index is 0.0184. The van der Waals surface area contributed by atoms with Crippen LogP contribution in [0.2, 0.25) is 0 Å². The molecule has 3 heterocycles. The Hall–Kier alpha value is -2.78. The molecule has 1 saturated heterocycles. The van der Waals surface area contributed by atoms with Crippen LogP contribution >= 0.6 is 11.3 Å². The van der Waals surface area contributed by atoms with Crippen molar-refractivity contribution in [3.63, 3.8) is 0 Å². The largest absolute Gasteiger partial charge is 0.497 e. The van der Waals surface area contributed by atoms with Gasteiger partial charge in [0.05, 0.1) is 19.3 Å². The monoisotopic (exact) mass is 501 g/mol. The lowest BCUT2D eigenvalue weighted by Crippen LogP contribution is -2.51. The number of carbonyl (C=O) groups is 2. The number of methoxy groups -OCH3 is 1. The van der Waals surface area contributed by atoms with E-state index < -0.39 is 0 Å². The van der Waals surface area contributed by atoms with Crippen molar-refractivity contribution in [2.45, 2.75) is 44.8 Å². The van der Waals surface area contributed by atoms with Crippen LogP contribution in [0.1, 0.15) is 42.7 Å². The lowest BCUT2D eigenvalue weighted by atomic mass is 10.0. The van der Waals surface area contributed by atoms with E-state index in [1.807, 2.05) is 36.1 Å². The summed E-state index contributed by atoms with van der Waals surface area (Å²) in [5.41, 5.74) is 1.12. The molecule has 35 heavy (non-hydrogen) atoms. The first kappa shape index (κ1) is 25.3. The number of nitrogens with one attached hydrogen (secondary N) is 1. The molecule has 3 amide bonds. The number of rotatable bonds is 10. The third kappa shape index (κ3) is 6.46. The molecule has 4 rings (SSSR count). The fourth-order valence-electron chi connectivity index (χ4n) is 4.59. The molecule has 8 nitrogen and oxygen atoms in total. The predicted molar refractivity (Wildman–Crippen MR) is 135 cm³/mol. The first-order chi connectivity index (χ1) is 17.1. The molecular formula is C26H35N3O5S. The number of carbonyl (C=O) groups excluding carboxylic acids is 2. The van der Waals surface area contributed by atoms with Crippen LogP contribution in [0.5, 0.6) is 11.5 Å². The Morgan fingerprint density at radius 1 is 1.29 bits per heavy atom. The van der Waals surface area contributed by atoms with E-state index in [2.05, 4.69) is 16.8 Å². The van der Waals surface area contributed by atoms with Crippen molar-refractivity contribution in [2.75, 3.05) is 46.5 Å². The summed E-state index contributed by atoms with van der Waals surface area (Å²) >= 11 is 1.72. The fourth-order valence-corrected chi connectivity index (χ4v) is 5.52. The molecule has 1 aromatic carbocycles. The van der Waals surface area contributed by atoms with Gasteiger partial charge in [0, 0.05) is 37.2 Å². The highest BCUT2D eigenvalue weighted by Crippen LogP contribution is 2.34. The molecule has 2 aromatic rings. The van der Waals surface area contributed by atoms with Crippen molar-refractivity contribution >= 4 is 23.3 Å². The average molecular weight is 502 g/mol. The van der Waals surface area contributed by atoms with Crippen LogP contribution in [0.3, 0.4) is 0 Å². The summed E-state index contributed by atoms with van der Waals surface area (Å²) in [6.07, 6.45) is 3.52. The zero-order valence-electron chi connectivity index (χ0n) is 20.5. The number of thiophene rings is 1. The molecule has 0 radical (unpaired) electrons. The Bertz CT molecular complexity index is 991. The summed E-state index contributed by atoms with van der Waals surface area (Å²) in [7, 11) is 1.62. The molecule has 1 fully saturated rings. The zero-order valence-corrected chi connectivity index (χ0v) is 21.4. The summed E-state index contributed by atoms with van der Waals surface area (Å²) < 4.78 is 17.2. The Kier molecular flexibility index (Phi) is 8.87. The average Bonchev–Trinajstić information content (AvgIpc) is 3.57. The van der Waals surface area contributed by atoms with Gasteiger partial charge in [-0.3, -0.25) is 4.79 Å². The first-order valence-corrected chi connectivity index (χ1v) is 13.2. The van der Waals surface area contributed by atoms with Crippen LogP contribution < -0.4 is 14.8 Å². The molecule has 0 spiro atoms. The van der Waals surface area contributed by atoms with E-state index in [0.29, 0.717) is 38.6 Å². The zero-order chi connectivity index (χ0) is 24.6. The van der Waals surface area contributed by atoms with E-state index in [0.717, 1.165) is 37.0 Å². The van der Waals surface area contributed by atoms with Gasteiger partial charge in [-0.2, -0.15) is 0 Å². The molecule has 2 aliphatic rings. The number of hydrogen-bond acceptors (Lipinski definition) is 6. The Balaban J connectivity index is 1.48. The van der Waals surface area contributed by atoms with Crippen molar-refractivity contribution < 1.29 is 23.8 Å². The topological polar surface area (TPSA) is 80.3 Å². The summed E-state index contributed by atoms with van der Waals surface area (Å²) in [6, 6.07) is 9.12. The summed E-state index contributed by atoms with van der Waals surface area (Å²) in [6.45, 7) is 4.66. The molecule has 9 heteroatoms. The minimum atomic E-state index is -0.216. The highest BCUT2D eigenvalue weighted by molar-refractivity contribution is 7.10. The lowest BCUT2D eigenvalue weighted by molar-refractivity contribution is -0.135. The van der Waals surface area contributed by atoms with Gasteiger partial charge in [0.15, 0.2) is 0 Å². The van der Waals surface area contributed by atoms with Gasteiger partial charge >= 0.3 is 6.03 Å². The molecule has 0 unspecified atom stereocenters. The second-order valence-corrected chi connectivity index (χ2v) is 9.89. The summed E-state index contributed by atoms with van der Waals surface area (Å²) in [5, 5.41) is 4.99. The van der Waals surface area contributed by atoms with Crippen LogP contribution in [0.25, 0.3) is 0 Å². The molecule has 0 saturated carbocycles. The molecule has 190 valence electrons. The number of hydrogen-bond donors (Lipinski definition) is 1. The summed E-state index contributed by atoms with van der Waals surface area (Å²) in [5.74, 6) is 1.34. The summed E-state index contributed by atoms with van der Waals surface area (Å²) in [4.78, 5) is 31.2. The normalized spacial score (nSPS) is 19.2. The third-order valence-corrected chi connectivity index (χ3v) is 7.45. The Morgan fingerprint density at radius 3 is 2.91 bits per heavy atom. The van der Waals surface area contributed by atoms with Crippen LogP contribution in [0.4, 0.5) is 4.79 Å². The number of nitrogens with zero attached hydrogens (tertiary/aromatic N) is 2. The third-order valence-electron chi connectivity index (χ3n) is 6.45. The molecule has 0 aliphatic carbocycles. The second-order valence-electron chi connectivity index (χ2n) is 8.89. The van der Waals surface area contributed by atoms with Crippen LogP contribution in [0.15, 0.2) is 35.7 Å². The molecule has 2 aliphatic heterocycles. The predicted octanol–water partition coefficient (Wildman–Crippen LogP) is 3.86. The maximum absolute atomic E-state index is 13.6. The van der Waals surface area contributed by atoms with Gasteiger partial charge in [0.2, 0.25) is 5.91 Å². The standard InChI is InChI=1S/C26H35N3O5S/c1-3-11-27-26(31)28(16-21-8-5-13-33-21)17-25(30)29-12-9-24-22(10-14-35-24)23(29)18-34-20-7-4-6-19(15-20)32-2/h4,6-7,10,14-15,21,23H,3,5,8-9,11-13,16-18H2,1-2H3,(H,27,31)/t21-,23+/m0/s1. The molecule has 1 aromatic heterocycles. The first-order valence-electron chi connectivity index (χ1n) is 12.4. The lowest BCUT2D eigenvalue weighted by Gasteiger charge is -2.37. The molecular weight excluding hydrogens is 466 g/mol. The van der Waals surface area contributed by atoms with Crippen molar-refractivity contribution in [3.05, 3.63) is 46.2 Å². The van der Waals surface area contributed by atoms with E-state index in [4.69, 9.17) is 14.2 Å². The van der Waals surface area contributed by atoms with E-state index in [1.54, 1.807) is 23.3 Å². The maximum atomic E-state index is 13.6. The quantitative estimate of drug-likeness (QED) is 0.535. The number of ether oxygens (including phenoxy) is 3. The highest BCUT2D eigenvalue weighted by atomic mass is 32.1. The molecule has 2 atom stereocenters. The Morgan fingerprint density at radius 2 is 2.14 bits per heavy atom. The fraction of sp³-hybridized carbons (Fsp3) is 0.538. The van der Waals surface area contributed by atoms with Gasteiger partial charge in [-0.1, -0.05) is 13.0 Å². The van der Waals surface area contributed by atoms with Crippen molar-refractivity contribution in [1.29, 1.82) is 0 Å². The van der Waals surface area contributed by atoms with E-state index >= 15 is 0 Å². The van der Waals surface area contributed by atoms with Crippen LogP contribution in [0, 0.1) is 0 Å². The van der Waals surface area contributed by atoms with Gasteiger partial charge in [0.1, 0.15) is 24.7 Å². The highest BCUT2D eigenvalue weighted by Gasteiger charge is 2.34. The minimum Gasteiger partial charge on any atom is -0.497 e. The van der Waals surface area contributed by atoms with Crippen LogP contribution in [-0.4, -0.2) is 74.3 Å². The van der Waals surface area contributed by atoms with E-state index in [9.17, 15) is 9.59 Å². The molecule has 1 N–H and O–H groups in total. The smallest absolute Gasteiger partial charge is 0.317 e. The van der Waals surface area contributed by atoms with Crippen molar-refractivity contribution in [1.82, 2.24) is 15.1 Å².